The van der Waals surface area contributed by atoms with E-state index in [1.54, 1.807) is 14.2 Å². The Morgan fingerprint density at radius 3 is 2.17 bits per heavy atom. The average Bonchev–Trinajstić information content (AvgIpc) is 2.78. The maximum atomic E-state index is 12.5. The van der Waals surface area contributed by atoms with Gasteiger partial charge in [-0.15, -0.1) is 0 Å². The van der Waals surface area contributed by atoms with Crippen molar-refractivity contribution in [3.63, 3.8) is 0 Å². The number of nitrogens with zero attached hydrogens (tertiary/aromatic N) is 2. The molecule has 1 heterocycles. The number of hydrogen-bond donors (Lipinski definition) is 0. The van der Waals surface area contributed by atoms with Gasteiger partial charge >= 0.3 is 0 Å². The lowest BCUT2D eigenvalue weighted by Crippen LogP contribution is -2.50. The summed E-state index contributed by atoms with van der Waals surface area (Å²) in [5.74, 6) is 2.21. The molecule has 1 aliphatic rings. The molecule has 1 saturated heterocycles. The number of benzene rings is 2. The Kier molecular flexibility index (Phi) is 7.76. The highest BCUT2D eigenvalue weighted by Gasteiger charge is 2.21. The van der Waals surface area contributed by atoms with Gasteiger partial charge in [0.05, 0.1) is 14.2 Å². The summed E-state index contributed by atoms with van der Waals surface area (Å²) in [4.78, 5) is 16.8. The first-order valence-corrected chi connectivity index (χ1v) is 10.1. The quantitative estimate of drug-likeness (QED) is 0.650. The number of piperazine rings is 1. The number of carbonyl (C=O) groups is 1. The lowest BCUT2D eigenvalue weighted by molar-refractivity contribution is -0.135. The number of hydrogen-bond acceptors (Lipinski definition) is 5. The summed E-state index contributed by atoms with van der Waals surface area (Å²) in [6.07, 6.45) is 2.07. The highest BCUT2D eigenvalue weighted by Crippen LogP contribution is 2.25. The minimum atomic E-state index is 0.0181. The molecule has 1 aliphatic heterocycles. The van der Waals surface area contributed by atoms with Crippen LogP contribution in [0.25, 0.3) is 0 Å². The fraction of sp³-hybridized carbons (Fsp3) is 0.435. The molecule has 2 aromatic rings. The Bertz CT molecular complexity index is 788. The van der Waals surface area contributed by atoms with Crippen LogP contribution in [0.3, 0.4) is 0 Å². The smallest absolute Gasteiger partial charge is 0.260 e. The molecule has 0 bridgehead atoms. The molecule has 1 amide bonds. The molecule has 3 rings (SSSR count). The van der Waals surface area contributed by atoms with E-state index < -0.39 is 0 Å². The lowest BCUT2D eigenvalue weighted by atomic mass is 10.1. The van der Waals surface area contributed by atoms with Gasteiger partial charge in [0.15, 0.2) is 18.1 Å². The minimum Gasteiger partial charge on any atom is -0.496 e. The zero-order chi connectivity index (χ0) is 20.5. The van der Waals surface area contributed by atoms with E-state index in [0.717, 1.165) is 51.3 Å². The van der Waals surface area contributed by atoms with Gasteiger partial charge in [0, 0.05) is 26.2 Å². The first-order chi connectivity index (χ1) is 14.2. The van der Waals surface area contributed by atoms with Gasteiger partial charge < -0.3 is 19.1 Å². The van der Waals surface area contributed by atoms with Crippen molar-refractivity contribution in [1.29, 1.82) is 0 Å². The summed E-state index contributed by atoms with van der Waals surface area (Å²) in [6, 6.07) is 15.6. The second-order valence-electron chi connectivity index (χ2n) is 7.08. The van der Waals surface area contributed by atoms with Crippen molar-refractivity contribution in [3.05, 3.63) is 54.1 Å². The SMILES string of the molecule is COc1ccccc1CCCN1CCN(C(=O)COc2ccccc2OC)CC1. The average molecular weight is 399 g/mol. The van der Waals surface area contributed by atoms with E-state index in [1.165, 1.54) is 5.56 Å². The van der Waals surface area contributed by atoms with E-state index in [-0.39, 0.29) is 12.5 Å². The number of methoxy groups -OCH3 is 2. The first-order valence-electron chi connectivity index (χ1n) is 10.1. The molecular weight excluding hydrogens is 368 g/mol. The van der Waals surface area contributed by atoms with Crippen molar-refractivity contribution >= 4 is 5.91 Å². The number of rotatable bonds is 9. The Morgan fingerprint density at radius 1 is 0.862 bits per heavy atom. The van der Waals surface area contributed by atoms with Crippen molar-refractivity contribution in [2.45, 2.75) is 12.8 Å². The van der Waals surface area contributed by atoms with Gasteiger partial charge in [0.2, 0.25) is 0 Å². The third-order valence-corrected chi connectivity index (χ3v) is 5.26. The van der Waals surface area contributed by atoms with Gasteiger partial charge in [-0.3, -0.25) is 9.69 Å². The van der Waals surface area contributed by atoms with Crippen molar-refractivity contribution in [2.24, 2.45) is 0 Å². The van der Waals surface area contributed by atoms with Gasteiger partial charge in [0.1, 0.15) is 5.75 Å². The number of para-hydroxylation sites is 3. The second-order valence-corrected chi connectivity index (χ2v) is 7.08. The third-order valence-electron chi connectivity index (χ3n) is 5.26. The molecule has 1 fully saturated rings. The van der Waals surface area contributed by atoms with Crippen LogP contribution in [0.5, 0.6) is 17.2 Å². The van der Waals surface area contributed by atoms with E-state index in [9.17, 15) is 4.79 Å². The van der Waals surface area contributed by atoms with Crippen LogP contribution >= 0.6 is 0 Å². The van der Waals surface area contributed by atoms with Crippen LogP contribution in [0, 0.1) is 0 Å². The maximum Gasteiger partial charge on any atom is 0.260 e. The van der Waals surface area contributed by atoms with Crippen molar-refractivity contribution < 1.29 is 19.0 Å². The van der Waals surface area contributed by atoms with Crippen LogP contribution in [-0.4, -0.2) is 69.3 Å². The van der Waals surface area contributed by atoms with Crippen LogP contribution in [-0.2, 0) is 11.2 Å². The van der Waals surface area contributed by atoms with E-state index >= 15 is 0 Å². The second kappa shape index (κ2) is 10.7. The molecular formula is C23H30N2O4. The predicted octanol–water partition coefficient (Wildman–Crippen LogP) is 2.86. The van der Waals surface area contributed by atoms with E-state index in [2.05, 4.69) is 17.0 Å². The summed E-state index contributed by atoms with van der Waals surface area (Å²) in [5, 5.41) is 0. The Morgan fingerprint density at radius 2 is 1.48 bits per heavy atom. The number of aryl methyl sites for hydroxylation is 1. The highest BCUT2D eigenvalue weighted by atomic mass is 16.5. The molecule has 156 valence electrons. The molecule has 0 atom stereocenters. The fourth-order valence-corrected chi connectivity index (χ4v) is 3.59. The fourth-order valence-electron chi connectivity index (χ4n) is 3.59. The van der Waals surface area contributed by atoms with Gasteiger partial charge in [-0.2, -0.15) is 0 Å². The van der Waals surface area contributed by atoms with Crippen LogP contribution in [0.1, 0.15) is 12.0 Å². The summed E-state index contributed by atoms with van der Waals surface area (Å²) < 4.78 is 16.3. The molecule has 6 nitrogen and oxygen atoms in total. The van der Waals surface area contributed by atoms with Crippen LogP contribution in [0.2, 0.25) is 0 Å². The molecule has 0 spiro atoms. The summed E-state index contributed by atoms with van der Waals surface area (Å²) in [5.41, 5.74) is 1.25. The number of ether oxygens (including phenoxy) is 3. The van der Waals surface area contributed by atoms with E-state index in [0.29, 0.717) is 11.5 Å². The van der Waals surface area contributed by atoms with Crippen molar-refractivity contribution in [3.8, 4) is 17.2 Å². The van der Waals surface area contributed by atoms with E-state index in [1.807, 2.05) is 41.3 Å². The Labute approximate surface area is 173 Å². The predicted molar refractivity (Wildman–Crippen MR) is 113 cm³/mol. The van der Waals surface area contributed by atoms with Crippen molar-refractivity contribution in [1.82, 2.24) is 9.80 Å². The summed E-state index contributed by atoms with van der Waals surface area (Å²) in [6.45, 7) is 4.33. The van der Waals surface area contributed by atoms with Gasteiger partial charge in [-0.25, -0.2) is 0 Å². The standard InChI is InChI=1S/C23H30N2O4/c1-27-20-10-4-3-8-19(20)9-7-13-24-14-16-25(17-15-24)23(26)18-29-22-12-6-5-11-21(22)28-2/h3-6,8,10-12H,7,9,13-18H2,1-2H3. The van der Waals surface area contributed by atoms with Gasteiger partial charge in [-0.1, -0.05) is 30.3 Å². The molecule has 0 unspecified atom stereocenters. The Balaban J connectivity index is 1.38. The Hall–Kier alpha value is -2.73. The van der Waals surface area contributed by atoms with E-state index in [4.69, 9.17) is 14.2 Å². The highest BCUT2D eigenvalue weighted by molar-refractivity contribution is 5.78. The summed E-state index contributed by atoms with van der Waals surface area (Å²) in [7, 11) is 3.31. The number of amides is 1. The molecule has 6 heteroatoms. The zero-order valence-corrected chi connectivity index (χ0v) is 17.3. The molecule has 0 aliphatic carbocycles. The molecule has 0 saturated carbocycles. The molecule has 0 aromatic heterocycles. The molecule has 2 aromatic carbocycles. The normalized spacial score (nSPS) is 14.5. The van der Waals surface area contributed by atoms with Crippen LogP contribution in [0.4, 0.5) is 0 Å². The van der Waals surface area contributed by atoms with Gasteiger partial charge in [0.25, 0.3) is 5.91 Å². The van der Waals surface area contributed by atoms with Crippen LogP contribution < -0.4 is 14.2 Å². The summed E-state index contributed by atoms with van der Waals surface area (Å²) >= 11 is 0. The molecule has 0 radical (unpaired) electrons. The molecule has 29 heavy (non-hydrogen) atoms. The monoisotopic (exact) mass is 398 g/mol. The lowest BCUT2D eigenvalue weighted by Gasteiger charge is -2.34. The first kappa shape index (κ1) is 21.0. The topological polar surface area (TPSA) is 51.2 Å². The number of carbonyl (C=O) groups excluding carboxylic acids is 1. The maximum absolute atomic E-state index is 12.5. The largest absolute Gasteiger partial charge is 0.496 e. The third kappa shape index (κ3) is 5.87. The van der Waals surface area contributed by atoms with Gasteiger partial charge in [-0.05, 0) is 43.1 Å². The minimum absolute atomic E-state index is 0.0181. The zero-order valence-electron chi connectivity index (χ0n) is 17.3. The molecule has 0 N–H and O–H groups in total. The van der Waals surface area contributed by atoms with Crippen molar-refractivity contribution in [2.75, 3.05) is 53.6 Å². The van der Waals surface area contributed by atoms with Crippen LogP contribution in [0.15, 0.2) is 48.5 Å².